The van der Waals surface area contributed by atoms with E-state index >= 15 is 0 Å². The third-order valence-corrected chi connectivity index (χ3v) is 5.80. The third-order valence-electron chi connectivity index (χ3n) is 5.80. The van der Waals surface area contributed by atoms with Crippen molar-refractivity contribution in [3.05, 3.63) is 42.2 Å². The average molecular weight is 398 g/mol. The Kier molecular flexibility index (Phi) is 5.59. The molecule has 0 unspecified atom stereocenters. The molecule has 2 aromatic rings. The van der Waals surface area contributed by atoms with Gasteiger partial charge in [0.1, 0.15) is 5.54 Å². The Morgan fingerprint density at radius 2 is 2.07 bits per heavy atom. The van der Waals surface area contributed by atoms with E-state index in [-0.39, 0.29) is 36.7 Å². The first-order valence-electron chi connectivity index (χ1n) is 10.1. The first-order chi connectivity index (χ1) is 14.1. The lowest BCUT2D eigenvalue weighted by Gasteiger charge is -2.40. The summed E-state index contributed by atoms with van der Waals surface area (Å²) < 4.78 is 1.57. The summed E-state index contributed by atoms with van der Waals surface area (Å²) in [4.78, 5) is 27.7. The minimum absolute atomic E-state index is 0.0574. The zero-order chi connectivity index (χ0) is 20.3. The highest BCUT2D eigenvalue weighted by molar-refractivity contribution is 5.92. The number of nitrogens with one attached hydrogen (secondary N) is 2. The van der Waals surface area contributed by atoms with Crippen LogP contribution in [0.3, 0.4) is 0 Å². The van der Waals surface area contributed by atoms with E-state index in [1.165, 1.54) is 0 Å². The Labute approximate surface area is 169 Å². The second-order valence-corrected chi connectivity index (χ2v) is 7.67. The van der Waals surface area contributed by atoms with Crippen LogP contribution in [0.15, 0.2) is 36.5 Å². The normalized spacial score (nSPS) is 24.1. The number of aliphatic hydroxyl groups excluding tert-OH is 1. The lowest BCUT2D eigenvalue weighted by molar-refractivity contribution is -0.134. The lowest BCUT2D eigenvalue weighted by atomic mass is 9.84. The number of carbonyl (C=O) groups excluding carboxylic acids is 2. The summed E-state index contributed by atoms with van der Waals surface area (Å²) in [6, 6.07) is 9.34. The number of hydrogen-bond donors (Lipinski definition) is 3. The third kappa shape index (κ3) is 3.88. The smallest absolute Gasteiger partial charge is 0.273 e. The molecule has 2 atom stereocenters. The van der Waals surface area contributed by atoms with Crippen molar-refractivity contribution in [2.45, 2.75) is 37.3 Å². The van der Waals surface area contributed by atoms with Crippen molar-refractivity contribution < 1.29 is 14.7 Å². The second kappa shape index (κ2) is 8.30. The van der Waals surface area contributed by atoms with Gasteiger partial charge in [-0.1, -0.05) is 23.4 Å². The number of hydrogen-bond acceptors (Lipinski definition) is 6. The van der Waals surface area contributed by atoms with Crippen LogP contribution in [0.2, 0.25) is 0 Å². The van der Waals surface area contributed by atoms with Gasteiger partial charge in [-0.25, -0.2) is 4.68 Å². The topological polar surface area (TPSA) is 112 Å². The number of amides is 2. The van der Waals surface area contributed by atoms with E-state index in [9.17, 15) is 9.59 Å². The van der Waals surface area contributed by atoms with Gasteiger partial charge in [0.05, 0.1) is 18.5 Å². The number of piperidine rings is 1. The highest BCUT2D eigenvalue weighted by Crippen LogP contribution is 2.38. The minimum atomic E-state index is -0.604. The lowest BCUT2D eigenvalue weighted by Crippen LogP contribution is -2.57. The van der Waals surface area contributed by atoms with Gasteiger partial charge in [-0.15, -0.1) is 5.10 Å². The highest BCUT2D eigenvalue weighted by Gasteiger charge is 2.52. The van der Waals surface area contributed by atoms with Gasteiger partial charge < -0.3 is 15.7 Å². The minimum Gasteiger partial charge on any atom is -0.395 e. The van der Waals surface area contributed by atoms with E-state index in [1.54, 1.807) is 10.9 Å². The Balaban J connectivity index is 1.44. The molecular formula is C20H26N6O3. The van der Waals surface area contributed by atoms with Gasteiger partial charge in [-0.3, -0.25) is 14.5 Å². The molecule has 2 fully saturated rings. The fourth-order valence-electron chi connectivity index (χ4n) is 4.44. The maximum atomic E-state index is 12.8. The van der Waals surface area contributed by atoms with E-state index in [0.717, 1.165) is 31.5 Å². The van der Waals surface area contributed by atoms with Gasteiger partial charge in [0, 0.05) is 19.1 Å². The largest absolute Gasteiger partial charge is 0.395 e. The van der Waals surface area contributed by atoms with E-state index < -0.39 is 5.54 Å². The monoisotopic (exact) mass is 398 g/mol. The molecule has 1 aromatic carbocycles. The maximum Gasteiger partial charge on any atom is 0.273 e. The van der Waals surface area contributed by atoms with E-state index in [0.29, 0.717) is 13.0 Å². The van der Waals surface area contributed by atoms with Gasteiger partial charge in [0.15, 0.2) is 5.69 Å². The first-order valence-corrected chi connectivity index (χ1v) is 10.1. The van der Waals surface area contributed by atoms with Crippen LogP contribution in [0.4, 0.5) is 0 Å². The highest BCUT2D eigenvalue weighted by atomic mass is 16.3. The molecule has 154 valence electrons. The Bertz CT molecular complexity index is 870. The van der Waals surface area contributed by atoms with Crippen molar-refractivity contribution in [2.24, 2.45) is 0 Å². The van der Waals surface area contributed by atoms with Crippen LogP contribution in [0, 0.1) is 0 Å². The molecule has 2 aliphatic rings. The Morgan fingerprint density at radius 1 is 1.24 bits per heavy atom. The van der Waals surface area contributed by atoms with Crippen molar-refractivity contribution in [1.82, 2.24) is 30.5 Å². The standard InChI is InChI=1S/C20H26N6O3/c27-11-9-21-19(29)20-8-4-5-10-25(20)13-15(12-20)22-18(28)17-14-26(24-23-17)16-6-2-1-3-7-16/h1-3,6-7,14-15,27H,4-5,8-13H2,(H,21,29)(H,22,28)/t15-,20+/m0/s1. The van der Waals surface area contributed by atoms with Crippen LogP contribution in [0.1, 0.15) is 36.2 Å². The van der Waals surface area contributed by atoms with E-state index in [4.69, 9.17) is 5.11 Å². The number of rotatable bonds is 6. The summed E-state index contributed by atoms with van der Waals surface area (Å²) in [5.41, 5.74) is 0.474. The molecule has 3 heterocycles. The molecule has 9 nitrogen and oxygen atoms in total. The zero-order valence-corrected chi connectivity index (χ0v) is 16.3. The maximum absolute atomic E-state index is 12.8. The molecule has 29 heavy (non-hydrogen) atoms. The van der Waals surface area contributed by atoms with E-state index in [2.05, 4.69) is 25.8 Å². The van der Waals surface area contributed by atoms with Crippen LogP contribution in [0.5, 0.6) is 0 Å². The molecule has 0 bridgehead atoms. The fraction of sp³-hybridized carbons (Fsp3) is 0.500. The summed E-state index contributed by atoms with van der Waals surface area (Å²) in [5.74, 6) is -0.346. The summed E-state index contributed by atoms with van der Waals surface area (Å²) in [6.07, 6.45) is 4.95. The van der Waals surface area contributed by atoms with Crippen molar-refractivity contribution >= 4 is 11.8 Å². The van der Waals surface area contributed by atoms with Crippen LogP contribution in [0.25, 0.3) is 5.69 Å². The molecule has 2 aliphatic heterocycles. The summed E-state index contributed by atoms with van der Waals surface area (Å²) >= 11 is 0. The van der Waals surface area contributed by atoms with Gasteiger partial charge in [0.2, 0.25) is 5.91 Å². The number of aromatic nitrogens is 3. The number of benzene rings is 1. The molecule has 0 radical (unpaired) electrons. The van der Waals surface area contributed by atoms with E-state index in [1.807, 2.05) is 30.3 Å². The second-order valence-electron chi connectivity index (χ2n) is 7.67. The Hall–Kier alpha value is -2.78. The summed E-state index contributed by atoms with van der Waals surface area (Å²) in [7, 11) is 0. The molecular weight excluding hydrogens is 372 g/mol. The number of para-hydroxylation sites is 1. The van der Waals surface area contributed by atoms with Gasteiger partial charge >= 0.3 is 0 Å². The predicted molar refractivity (Wildman–Crippen MR) is 105 cm³/mol. The fourth-order valence-corrected chi connectivity index (χ4v) is 4.44. The number of carbonyl (C=O) groups is 2. The van der Waals surface area contributed by atoms with Crippen molar-refractivity contribution in [3.8, 4) is 5.69 Å². The van der Waals surface area contributed by atoms with Crippen LogP contribution < -0.4 is 10.6 Å². The number of nitrogens with zero attached hydrogens (tertiary/aromatic N) is 4. The molecule has 0 saturated carbocycles. The SMILES string of the molecule is O=C(N[C@@H]1CN2CCCC[C@]2(C(=O)NCCO)C1)c1cn(-c2ccccc2)nn1. The quantitative estimate of drug-likeness (QED) is 0.636. The van der Waals surface area contributed by atoms with Gasteiger partial charge in [-0.2, -0.15) is 0 Å². The molecule has 0 spiro atoms. The Morgan fingerprint density at radius 3 is 2.86 bits per heavy atom. The summed E-state index contributed by atoms with van der Waals surface area (Å²) in [6.45, 7) is 1.63. The molecule has 2 amide bonds. The zero-order valence-electron chi connectivity index (χ0n) is 16.3. The van der Waals surface area contributed by atoms with Crippen LogP contribution in [-0.4, -0.2) is 74.6 Å². The summed E-state index contributed by atoms with van der Waals surface area (Å²) in [5, 5.41) is 22.9. The van der Waals surface area contributed by atoms with Crippen molar-refractivity contribution in [2.75, 3.05) is 26.2 Å². The molecule has 1 aromatic heterocycles. The van der Waals surface area contributed by atoms with Crippen LogP contribution in [-0.2, 0) is 4.79 Å². The van der Waals surface area contributed by atoms with Gasteiger partial charge in [0.25, 0.3) is 5.91 Å². The molecule has 0 aliphatic carbocycles. The number of fused-ring (bicyclic) bond motifs is 1. The number of aliphatic hydroxyl groups is 1. The molecule has 3 N–H and O–H groups in total. The average Bonchev–Trinajstić information content (AvgIpc) is 3.38. The van der Waals surface area contributed by atoms with Crippen molar-refractivity contribution in [3.63, 3.8) is 0 Å². The van der Waals surface area contributed by atoms with Crippen LogP contribution >= 0.6 is 0 Å². The molecule has 2 saturated heterocycles. The first kappa shape index (κ1) is 19.5. The van der Waals surface area contributed by atoms with Gasteiger partial charge in [-0.05, 0) is 44.4 Å². The molecule has 4 rings (SSSR count). The predicted octanol–water partition coefficient (Wildman–Crippen LogP) is 0.103. The molecule has 9 heteroatoms. The van der Waals surface area contributed by atoms with Crippen molar-refractivity contribution in [1.29, 1.82) is 0 Å².